The lowest BCUT2D eigenvalue weighted by Crippen LogP contribution is -2.31. The molecule has 7 nitrogen and oxygen atoms in total. The molecule has 0 saturated carbocycles. The summed E-state index contributed by atoms with van der Waals surface area (Å²) >= 11 is 6.25. The second-order valence-corrected chi connectivity index (χ2v) is 9.17. The minimum Gasteiger partial charge on any atom is -0.344 e. The monoisotopic (exact) mass is 522 g/mol. The van der Waals surface area contributed by atoms with Gasteiger partial charge in [0.25, 0.3) is 11.6 Å². The van der Waals surface area contributed by atoms with E-state index in [1.165, 1.54) is 12.1 Å². The van der Waals surface area contributed by atoms with Gasteiger partial charge >= 0.3 is 0 Å². The highest BCUT2D eigenvalue weighted by Gasteiger charge is 2.22. The number of carbonyl (C=O) groups is 1. The van der Waals surface area contributed by atoms with Gasteiger partial charge in [-0.2, -0.15) is 5.10 Å². The van der Waals surface area contributed by atoms with Crippen LogP contribution in [0.2, 0.25) is 5.02 Å². The normalized spacial score (nSPS) is 11.6. The van der Waals surface area contributed by atoms with E-state index in [2.05, 4.69) is 10.4 Å². The predicted octanol–water partition coefficient (Wildman–Crippen LogP) is 6.81. The third-order valence-electron chi connectivity index (χ3n) is 6.16. The number of carbonyl (C=O) groups excluding carboxylic acids is 1. The summed E-state index contributed by atoms with van der Waals surface area (Å²) in [5.74, 6) is -0.310. The third kappa shape index (κ3) is 5.63. The second-order valence-electron chi connectivity index (χ2n) is 8.74. The van der Waals surface area contributed by atoms with Crippen molar-refractivity contribution in [2.45, 2.75) is 12.5 Å². The fourth-order valence-corrected chi connectivity index (χ4v) is 4.45. The molecule has 4 aromatic carbocycles. The molecule has 8 heteroatoms. The summed E-state index contributed by atoms with van der Waals surface area (Å²) in [6, 6.07) is 34.3. The lowest BCUT2D eigenvalue weighted by molar-refractivity contribution is -0.384. The highest BCUT2D eigenvalue weighted by atomic mass is 35.5. The van der Waals surface area contributed by atoms with Gasteiger partial charge in [-0.15, -0.1) is 0 Å². The molecule has 0 radical (unpaired) electrons. The smallest absolute Gasteiger partial charge is 0.270 e. The van der Waals surface area contributed by atoms with Crippen molar-refractivity contribution in [2.24, 2.45) is 0 Å². The SMILES string of the molecule is O=C(NC(Cc1ccccc1)c1ccccc1)c1cc(-c2ccc([N+](=O)[O-])cc2)nn1-c1cccc(Cl)c1. The van der Waals surface area contributed by atoms with E-state index in [0.717, 1.165) is 11.1 Å². The fourth-order valence-electron chi connectivity index (χ4n) is 4.26. The van der Waals surface area contributed by atoms with Gasteiger partial charge in [-0.3, -0.25) is 14.9 Å². The maximum atomic E-state index is 13.8. The van der Waals surface area contributed by atoms with Gasteiger partial charge < -0.3 is 5.32 Å². The van der Waals surface area contributed by atoms with Crippen LogP contribution >= 0.6 is 11.6 Å². The Hall–Kier alpha value is -4.75. The van der Waals surface area contributed by atoms with Crippen LogP contribution in [0.4, 0.5) is 5.69 Å². The van der Waals surface area contributed by atoms with Crippen molar-refractivity contribution < 1.29 is 9.72 Å². The summed E-state index contributed by atoms with van der Waals surface area (Å²) in [7, 11) is 0. The first-order chi connectivity index (χ1) is 18.5. The van der Waals surface area contributed by atoms with Gasteiger partial charge in [-0.1, -0.05) is 78.3 Å². The Kier molecular flexibility index (Phi) is 7.28. The summed E-state index contributed by atoms with van der Waals surface area (Å²) in [6.07, 6.45) is 0.608. The standard InChI is InChI=1S/C30H23ClN4O3/c31-24-12-7-13-26(19-24)34-29(20-28(33-34)23-14-16-25(17-15-23)35(37)38)30(36)32-27(22-10-5-2-6-11-22)18-21-8-3-1-4-9-21/h1-17,19-20,27H,18H2,(H,32,36). The summed E-state index contributed by atoms with van der Waals surface area (Å²) in [4.78, 5) is 24.4. The van der Waals surface area contributed by atoms with E-state index in [9.17, 15) is 14.9 Å². The van der Waals surface area contributed by atoms with Crippen LogP contribution in [0.15, 0.2) is 115 Å². The molecule has 1 atom stereocenters. The van der Waals surface area contributed by atoms with Crippen molar-refractivity contribution in [1.29, 1.82) is 0 Å². The van der Waals surface area contributed by atoms with E-state index in [0.29, 0.717) is 34.1 Å². The van der Waals surface area contributed by atoms with Crippen LogP contribution in [0.25, 0.3) is 16.9 Å². The van der Waals surface area contributed by atoms with Gasteiger partial charge in [0, 0.05) is 22.7 Å². The van der Waals surface area contributed by atoms with Crippen LogP contribution in [0.3, 0.4) is 0 Å². The third-order valence-corrected chi connectivity index (χ3v) is 6.39. The molecular weight excluding hydrogens is 500 g/mol. The Morgan fingerprint density at radius 1 is 0.895 bits per heavy atom. The number of nitro benzene ring substituents is 1. The molecule has 1 aromatic heterocycles. The van der Waals surface area contributed by atoms with Gasteiger partial charge in [-0.25, -0.2) is 4.68 Å². The van der Waals surface area contributed by atoms with Crippen molar-refractivity contribution >= 4 is 23.2 Å². The quantitative estimate of drug-likeness (QED) is 0.179. The van der Waals surface area contributed by atoms with E-state index in [1.807, 2.05) is 66.7 Å². The molecule has 5 rings (SSSR count). The van der Waals surface area contributed by atoms with Crippen LogP contribution in [-0.4, -0.2) is 20.6 Å². The van der Waals surface area contributed by atoms with E-state index in [-0.39, 0.29) is 17.6 Å². The van der Waals surface area contributed by atoms with Crippen molar-refractivity contribution in [1.82, 2.24) is 15.1 Å². The van der Waals surface area contributed by atoms with Gasteiger partial charge in [0.05, 0.1) is 22.3 Å². The number of nitrogens with one attached hydrogen (secondary N) is 1. The number of non-ortho nitro benzene ring substituents is 1. The van der Waals surface area contributed by atoms with E-state index in [4.69, 9.17) is 11.6 Å². The molecule has 0 aliphatic rings. The number of hydrogen-bond donors (Lipinski definition) is 1. The Morgan fingerprint density at radius 3 is 2.24 bits per heavy atom. The Morgan fingerprint density at radius 2 is 1.58 bits per heavy atom. The number of amides is 1. The van der Waals surface area contributed by atoms with Crippen molar-refractivity contribution in [3.8, 4) is 16.9 Å². The average molecular weight is 523 g/mol. The highest BCUT2D eigenvalue weighted by Crippen LogP contribution is 2.26. The molecule has 0 spiro atoms. The zero-order chi connectivity index (χ0) is 26.5. The highest BCUT2D eigenvalue weighted by molar-refractivity contribution is 6.30. The van der Waals surface area contributed by atoms with Gasteiger partial charge in [0.2, 0.25) is 0 Å². The van der Waals surface area contributed by atoms with E-state index < -0.39 is 4.92 Å². The number of aromatic nitrogens is 2. The molecule has 38 heavy (non-hydrogen) atoms. The molecular formula is C30H23ClN4O3. The fraction of sp³-hybridized carbons (Fsp3) is 0.0667. The summed E-state index contributed by atoms with van der Waals surface area (Å²) in [5, 5.41) is 19.5. The number of nitro groups is 1. The summed E-state index contributed by atoms with van der Waals surface area (Å²) < 4.78 is 1.54. The Labute approximate surface area is 224 Å². The van der Waals surface area contributed by atoms with Crippen LogP contribution in [0.1, 0.15) is 27.7 Å². The van der Waals surface area contributed by atoms with Crippen LogP contribution < -0.4 is 5.32 Å². The van der Waals surface area contributed by atoms with Crippen LogP contribution in [0.5, 0.6) is 0 Å². The minimum atomic E-state index is -0.455. The molecule has 0 fully saturated rings. The summed E-state index contributed by atoms with van der Waals surface area (Å²) in [5.41, 5.74) is 4.14. The first-order valence-electron chi connectivity index (χ1n) is 12.0. The molecule has 0 saturated heterocycles. The predicted molar refractivity (Wildman–Crippen MR) is 147 cm³/mol. The van der Waals surface area contributed by atoms with Gasteiger partial charge in [0.1, 0.15) is 5.69 Å². The Balaban J connectivity index is 1.53. The molecule has 1 amide bonds. The van der Waals surface area contributed by atoms with Crippen LogP contribution in [0, 0.1) is 10.1 Å². The maximum absolute atomic E-state index is 13.8. The summed E-state index contributed by atoms with van der Waals surface area (Å²) in [6.45, 7) is 0. The largest absolute Gasteiger partial charge is 0.344 e. The maximum Gasteiger partial charge on any atom is 0.270 e. The molecule has 188 valence electrons. The lowest BCUT2D eigenvalue weighted by Gasteiger charge is -2.20. The lowest BCUT2D eigenvalue weighted by atomic mass is 9.98. The Bertz CT molecular complexity index is 1570. The zero-order valence-electron chi connectivity index (χ0n) is 20.2. The van der Waals surface area contributed by atoms with Gasteiger partial charge in [-0.05, 0) is 53.9 Å². The molecule has 0 aliphatic heterocycles. The van der Waals surface area contributed by atoms with E-state index >= 15 is 0 Å². The zero-order valence-corrected chi connectivity index (χ0v) is 21.0. The van der Waals surface area contributed by atoms with Crippen LogP contribution in [-0.2, 0) is 6.42 Å². The average Bonchev–Trinajstić information content (AvgIpc) is 3.40. The molecule has 5 aromatic rings. The number of rotatable bonds is 8. The molecule has 1 heterocycles. The number of hydrogen-bond acceptors (Lipinski definition) is 4. The topological polar surface area (TPSA) is 90.1 Å². The molecule has 0 aliphatic carbocycles. The first-order valence-corrected chi connectivity index (χ1v) is 12.4. The first kappa shape index (κ1) is 24.9. The number of benzene rings is 4. The van der Waals surface area contributed by atoms with Crippen molar-refractivity contribution in [3.05, 3.63) is 147 Å². The molecule has 0 bridgehead atoms. The molecule has 1 unspecified atom stereocenters. The van der Waals surface area contributed by atoms with E-state index in [1.54, 1.807) is 41.1 Å². The number of halogens is 1. The minimum absolute atomic E-state index is 0.0207. The second kappa shape index (κ2) is 11.1. The van der Waals surface area contributed by atoms with Crippen molar-refractivity contribution in [2.75, 3.05) is 0 Å². The number of nitrogens with zero attached hydrogens (tertiary/aromatic N) is 3. The van der Waals surface area contributed by atoms with Gasteiger partial charge in [0.15, 0.2) is 0 Å². The van der Waals surface area contributed by atoms with Crippen molar-refractivity contribution in [3.63, 3.8) is 0 Å². The molecule has 1 N–H and O–H groups in total.